The van der Waals surface area contributed by atoms with Crippen molar-refractivity contribution in [2.45, 2.75) is 45.6 Å². The summed E-state index contributed by atoms with van der Waals surface area (Å²) >= 11 is 0. The van der Waals surface area contributed by atoms with Crippen molar-refractivity contribution in [3.63, 3.8) is 0 Å². The summed E-state index contributed by atoms with van der Waals surface area (Å²) in [6.07, 6.45) is 1.26. The Labute approximate surface area is 195 Å². The Morgan fingerprint density at radius 1 is 1.18 bits per heavy atom. The van der Waals surface area contributed by atoms with Crippen molar-refractivity contribution in [3.05, 3.63) is 65.0 Å². The van der Waals surface area contributed by atoms with Gasteiger partial charge >= 0.3 is 6.03 Å². The highest BCUT2D eigenvalue weighted by molar-refractivity contribution is 5.81. The molecule has 1 heterocycles. The number of carbonyl (C=O) groups excluding carboxylic acids is 2. The van der Waals surface area contributed by atoms with Crippen LogP contribution in [0.15, 0.2) is 42.5 Å². The first-order chi connectivity index (χ1) is 15.8. The van der Waals surface area contributed by atoms with Crippen LogP contribution in [0.5, 0.6) is 5.75 Å². The highest BCUT2D eigenvalue weighted by Gasteiger charge is 2.34. The van der Waals surface area contributed by atoms with Crippen molar-refractivity contribution in [2.75, 3.05) is 26.7 Å². The monoisotopic (exact) mass is 455 g/mol. The lowest BCUT2D eigenvalue weighted by atomic mass is 9.83. The number of aryl methyl sites for hydroxylation is 1. The highest BCUT2D eigenvalue weighted by atomic mass is 19.1. The molecule has 2 unspecified atom stereocenters. The maximum absolute atomic E-state index is 13.8. The van der Waals surface area contributed by atoms with E-state index >= 15 is 0 Å². The van der Waals surface area contributed by atoms with Gasteiger partial charge in [0.25, 0.3) is 0 Å². The Hall–Kier alpha value is -3.09. The molecule has 2 N–H and O–H groups in total. The van der Waals surface area contributed by atoms with E-state index in [-0.39, 0.29) is 35.6 Å². The van der Waals surface area contributed by atoms with Crippen molar-refractivity contribution in [3.8, 4) is 5.75 Å². The predicted octanol–water partition coefficient (Wildman–Crippen LogP) is 4.03. The lowest BCUT2D eigenvalue weighted by Crippen LogP contribution is -2.52. The molecule has 0 bridgehead atoms. The van der Waals surface area contributed by atoms with E-state index in [4.69, 9.17) is 4.74 Å². The molecule has 1 fully saturated rings. The number of ether oxygens (including phenoxy) is 1. The van der Waals surface area contributed by atoms with Crippen molar-refractivity contribution < 1.29 is 18.7 Å². The highest BCUT2D eigenvalue weighted by Crippen LogP contribution is 2.31. The smallest absolute Gasteiger partial charge is 0.317 e. The maximum Gasteiger partial charge on any atom is 0.317 e. The van der Waals surface area contributed by atoms with Crippen molar-refractivity contribution in [1.29, 1.82) is 0 Å². The molecule has 2 atom stereocenters. The first kappa shape index (κ1) is 24.6. The SMILES string of the molecule is COc1ccccc1CCNC(=O)C1CC(c2ccc(F)c(C)c2)CN(C(=O)NC(C)C)C1. The van der Waals surface area contributed by atoms with Gasteiger partial charge in [0.1, 0.15) is 11.6 Å². The standard InChI is InChI=1S/C26H34FN3O3/c1-17(2)29-26(32)30-15-21(20-9-10-23(27)18(3)13-20)14-22(16-30)25(31)28-12-11-19-7-5-6-8-24(19)33-4/h5-10,13,17,21-22H,11-12,14-16H2,1-4H3,(H,28,31)(H,29,32). The molecule has 1 aliphatic heterocycles. The van der Waals surface area contributed by atoms with E-state index in [2.05, 4.69) is 10.6 Å². The van der Waals surface area contributed by atoms with Crippen molar-refractivity contribution in [1.82, 2.24) is 15.5 Å². The second-order valence-corrected chi connectivity index (χ2v) is 9.00. The van der Waals surface area contributed by atoms with Crippen LogP contribution in [0.1, 0.15) is 42.9 Å². The largest absolute Gasteiger partial charge is 0.496 e. The number of rotatable bonds is 7. The minimum Gasteiger partial charge on any atom is -0.496 e. The van der Waals surface area contributed by atoms with E-state index in [0.29, 0.717) is 38.0 Å². The topological polar surface area (TPSA) is 70.7 Å². The molecule has 6 nitrogen and oxygen atoms in total. The second-order valence-electron chi connectivity index (χ2n) is 9.00. The maximum atomic E-state index is 13.8. The molecule has 2 aromatic rings. The number of piperidine rings is 1. The average Bonchev–Trinajstić information content (AvgIpc) is 2.80. The molecule has 7 heteroatoms. The van der Waals surface area contributed by atoms with Gasteiger partial charge in [-0.25, -0.2) is 9.18 Å². The predicted molar refractivity (Wildman–Crippen MR) is 127 cm³/mol. The zero-order valence-electron chi connectivity index (χ0n) is 19.9. The summed E-state index contributed by atoms with van der Waals surface area (Å²) < 4.78 is 19.2. The van der Waals surface area contributed by atoms with Crippen molar-refractivity contribution >= 4 is 11.9 Å². The van der Waals surface area contributed by atoms with E-state index in [1.54, 1.807) is 25.0 Å². The molecule has 0 aromatic heterocycles. The van der Waals surface area contributed by atoms with Crippen molar-refractivity contribution in [2.24, 2.45) is 5.92 Å². The quantitative estimate of drug-likeness (QED) is 0.662. The van der Waals surface area contributed by atoms with Gasteiger partial charge in [0.05, 0.1) is 13.0 Å². The zero-order chi connectivity index (χ0) is 24.0. The fourth-order valence-electron chi connectivity index (χ4n) is 4.33. The van der Waals surface area contributed by atoms with Gasteiger partial charge in [0, 0.05) is 31.6 Å². The third-order valence-electron chi connectivity index (χ3n) is 6.06. The molecular formula is C26H34FN3O3. The fraction of sp³-hybridized carbons (Fsp3) is 0.462. The summed E-state index contributed by atoms with van der Waals surface area (Å²) in [4.78, 5) is 27.5. The minimum atomic E-state index is -0.343. The Bertz CT molecular complexity index is 979. The van der Waals surface area contributed by atoms with Gasteiger partial charge in [-0.1, -0.05) is 30.3 Å². The second kappa shape index (κ2) is 11.2. The number of likely N-dealkylation sites (tertiary alicyclic amines) is 1. The van der Waals surface area contributed by atoms with Crippen LogP contribution in [0.3, 0.4) is 0 Å². The minimum absolute atomic E-state index is 0.000860. The van der Waals surface area contributed by atoms with Gasteiger partial charge in [-0.05, 0) is 62.4 Å². The summed E-state index contributed by atoms with van der Waals surface area (Å²) in [6, 6.07) is 12.6. The lowest BCUT2D eigenvalue weighted by Gasteiger charge is -2.38. The molecule has 3 amide bonds. The van der Waals surface area contributed by atoms with Gasteiger partial charge in [-0.3, -0.25) is 4.79 Å². The van der Waals surface area contributed by atoms with E-state index in [1.807, 2.05) is 44.2 Å². The number of nitrogens with zero attached hydrogens (tertiary/aromatic N) is 1. The van der Waals surface area contributed by atoms with Gasteiger partial charge in [0.15, 0.2) is 0 Å². The Balaban J connectivity index is 1.70. The Morgan fingerprint density at radius 2 is 1.94 bits per heavy atom. The molecule has 3 rings (SSSR count). The van der Waals surface area contributed by atoms with Crippen LogP contribution in [-0.4, -0.2) is 49.6 Å². The Kier molecular flexibility index (Phi) is 8.31. The first-order valence-corrected chi connectivity index (χ1v) is 11.5. The number of halogens is 1. The molecule has 178 valence electrons. The van der Waals surface area contributed by atoms with E-state index in [9.17, 15) is 14.0 Å². The number of para-hydroxylation sites is 1. The summed E-state index contributed by atoms with van der Waals surface area (Å²) in [5, 5.41) is 5.96. The number of nitrogens with one attached hydrogen (secondary N) is 2. The summed E-state index contributed by atoms with van der Waals surface area (Å²) in [5.74, 6) is 0.0867. The third-order valence-corrected chi connectivity index (χ3v) is 6.06. The summed E-state index contributed by atoms with van der Waals surface area (Å²) in [6.45, 7) is 6.88. The van der Waals surface area contributed by atoms with Crippen LogP contribution >= 0.6 is 0 Å². The number of benzene rings is 2. The molecule has 0 radical (unpaired) electrons. The number of amides is 3. The van der Waals surface area contributed by atoms with E-state index in [0.717, 1.165) is 16.9 Å². The van der Waals surface area contributed by atoms with Crippen LogP contribution in [0.25, 0.3) is 0 Å². The van der Waals surface area contributed by atoms with Gasteiger partial charge in [-0.2, -0.15) is 0 Å². The Morgan fingerprint density at radius 3 is 2.64 bits per heavy atom. The molecule has 33 heavy (non-hydrogen) atoms. The van der Waals surface area contributed by atoms with Crippen LogP contribution in [0, 0.1) is 18.7 Å². The van der Waals surface area contributed by atoms with Gasteiger partial charge < -0.3 is 20.3 Å². The van der Waals surface area contributed by atoms with Crippen LogP contribution < -0.4 is 15.4 Å². The fourth-order valence-corrected chi connectivity index (χ4v) is 4.33. The van der Waals surface area contributed by atoms with E-state index < -0.39 is 0 Å². The summed E-state index contributed by atoms with van der Waals surface area (Å²) in [5.41, 5.74) is 2.54. The third kappa shape index (κ3) is 6.46. The van der Waals surface area contributed by atoms with Crippen LogP contribution in [0.4, 0.5) is 9.18 Å². The molecule has 1 aliphatic rings. The van der Waals surface area contributed by atoms with E-state index in [1.165, 1.54) is 6.07 Å². The average molecular weight is 456 g/mol. The molecular weight excluding hydrogens is 421 g/mol. The van der Waals surface area contributed by atoms with Gasteiger partial charge in [0.2, 0.25) is 5.91 Å². The molecule has 1 saturated heterocycles. The number of hydrogen-bond acceptors (Lipinski definition) is 3. The molecule has 0 saturated carbocycles. The number of urea groups is 1. The number of carbonyl (C=O) groups is 2. The first-order valence-electron chi connectivity index (χ1n) is 11.5. The normalized spacial score (nSPS) is 18.2. The zero-order valence-corrected chi connectivity index (χ0v) is 19.9. The van der Waals surface area contributed by atoms with Gasteiger partial charge in [-0.15, -0.1) is 0 Å². The van der Waals surface area contributed by atoms with Crippen LogP contribution in [0.2, 0.25) is 0 Å². The lowest BCUT2D eigenvalue weighted by molar-refractivity contribution is -0.126. The number of hydrogen-bond donors (Lipinski definition) is 2. The molecule has 2 aromatic carbocycles. The number of methoxy groups -OCH3 is 1. The molecule has 0 aliphatic carbocycles. The molecule has 0 spiro atoms. The van der Waals surface area contributed by atoms with Crippen LogP contribution in [-0.2, 0) is 11.2 Å². The summed E-state index contributed by atoms with van der Waals surface area (Å²) in [7, 11) is 1.63.